The predicted molar refractivity (Wildman–Crippen MR) is 91.5 cm³/mol. The van der Waals surface area contributed by atoms with Crippen molar-refractivity contribution in [1.29, 1.82) is 0 Å². The molecule has 108 valence electrons. The first-order valence-corrected chi connectivity index (χ1v) is 9.57. The number of fused-ring (bicyclic) bond motifs is 1. The number of furan rings is 1. The molecule has 0 spiro atoms. The Hall–Kier alpha value is -1.50. The molecule has 3 aromatic rings. The van der Waals surface area contributed by atoms with Crippen LogP contribution < -0.4 is 4.46 Å². The summed E-state index contributed by atoms with van der Waals surface area (Å²) in [4.78, 5) is 0. The summed E-state index contributed by atoms with van der Waals surface area (Å²) in [6, 6.07) is 17.0. The van der Waals surface area contributed by atoms with Gasteiger partial charge in [0.05, 0.1) is 0 Å². The van der Waals surface area contributed by atoms with Gasteiger partial charge in [-0.25, -0.2) is 0 Å². The van der Waals surface area contributed by atoms with Crippen LogP contribution in [0.4, 0.5) is 0 Å². The number of rotatable bonds is 5. The van der Waals surface area contributed by atoms with Crippen molar-refractivity contribution in [2.24, 2.45) is 0 Å². The molecule has 0 saturated carbocycles. The van der Waals surface area contributed by atoms with E-state index in [4.69, 9.17) is 4.42 Å². The summed E-state index contributed by atoms with van der Waals surface area (Å²) in [5, 5.41) is 2.59. The van der Waals surface area contributed by atoms with Crippen LogP contribution >= 0.6 is 0 Å². The fourth-order valence-corrected chi connectivity index (χ4v) is 5.04. The minimum absolute atomic E-state index is 0.472. The van der Waals surface area contributed by atoms with Crippen molar-refractivity contribution >= 4 is 30.4 Å². The van der Waals surface area contributed by atoms with Crippen LogP contribution in [0, 0.1) is 6.92 Å². The van der Waals surface area contributed by atoms with Gasteiger partial charge in [-0.05, 0) is 0 Å². The molecular weight excluding hydrogens is 323 g/mol. The third-order valence-corrected chi connectivity index (χ3v) is 6.07. The second-order valence-corrected chi connectivity index (χ2v) is 7.65. The zero-order valence-corrected chi connectivity index (χ0v) is 14.3. The maximum atomic E-state index is 6.19. The molecule has 0 aliphatic carbocycles. The second-order valence-electron chi connectivity index (χ2n) is 5.33. The molecule has 0 unspecified atom stereocenters. The van der Waals surface area contributed by atoms with E-state index in [2.05, 4.69) is 62.4 Å². The zero-order chi connectivity index (χ0) is 14.7. The molecule has 1 aromatic heterocycles. The van der Waals surface area contributed by atoms with Gasteiger partial charge < -0.3 is 0 Å². The third-order valence-electron chi connectivity index (χ3n) is 3.58. The van der Waals surface area contributed by atoms with E-state index in [1.54, 1.807) is 0 Å². The molecule has 0 saturated heterocycles. The molecule has 0 atom stereocenters. The van der Waals surface area contributed by atoms with Gasteiger partial charge in [-0.1, -0.05) is 0 Å². The predicted octanol–water partition coefficient (Wildman–Crippen LogP) is 4.96. The number of unbranched alkanes of at least 4 members (excludes halogenated alkanes) is 1. The van der Waals surface area contributed by atoms with Crippen LogP contribution in [-0.2, 0) is 0 Å². The van der Waals surface area contributed by atoms with E-state index in [9.17, 15) is 0 Å². The zero-order valence-electron chi connectivity index (χ0n) is 12.6. The normalized spacial score (nSPS) is 11.1. The summed E-state index contributed by atoms with van der Waals surface area (Å²) < 4.78 is 7.62. The van der Waals surface area contributed by atoms with Crippen molar-refractivity contribution < 1.29 is 4.42 Å². The monoisotopic (exact) mass is 344 g/mol. The second kappa shape index (κ2) is 6.51. The Bertz CT molecular complexity index is 728. The molecule has 21 heavy (non-hydrogen) atoms. The number of aryl methyl sites for hydroxylation is 1. The van der Waals surface area contributed by atoms with Gasteiger partial charge in [0.2, 0.25) is 0 Å². The van der Waals surface area contributed by atoms with E-state index >= 15 is 0 Å². The Balaban J connectivity index is 2.11. The Morgan fingerprint density at radius 1 is 1.05 bits per heavy atom. The standard InChI is InChI=1S/C19H20OSe/c1-3-4-12-21-19-16-13-14(2)10-11-17(16)20-18(19)15-8-6-5-7-9-15/h5-11,13H,3-4,12H2,1-2H3. The summed E-state index contributed by atoms with van der Waals surface area (Å²) in [6.45, 7) is 4.41. The number of hydrogen-bond donors (Lipinski definition) is 0. The van der Waals surface area contributed by atoms with Gasteiger partial charge in [0.1, 0.15) is 0 Å². The van der Waals surface area contributed by atoms with Gasteiger partial charge in [0, 0.05) is 0 Å². The van der Waals surface area contributed by atoms with Gasteiger partial charge in [-0.15, -0.1) is 0 Å². The molecule has 0 aliphatic heterocycles. The van der Waals surface area contributed by atoms with E-state index in [-0.39, 0.29) is 0 Å². The summed E-state index contributed by atoms with van der Waals surface area (Å²) in [7, 11) is 0. The van der Waals surface area contributed by atoms with Gasteiger partial charge in [-0.3, -0.25) is 0 Å². The molecule has 0 radical (unpaired) electrons. The van der Waals surface area contributed by atoms with Crippen LogP contribution in [0.1, 0.15) is 25.3 Å². The molecule has 0 amide bonds. The van der Waals surface area contributed by atoms with Crippen LogP contribution in [0.15, 0.2) is 52.9 Å². The van der Waals surface area contributed by atoms with Crippen molar-refractivity contribution in [2.45, 2.75) is 32.0 Å². The Morgan fingerprint density at radius 3 is 2.62 bits per heavy atom. The van der Waals surface area contributed by atoms with Crippen LogP contribution in [-0.4, -0.2) is 15.0 Å². The topological polar surface area (TPSA) is 13.1 Å². The molecule has 2 heteroatoms. The fraction of sp³-hybridized carbons (Fsp3) is 0.263. The van der Waals surface area contributed by atoms with Crippen molar-refractivity contribution in [3.8, 4) is 11.3 Å². The fourth-order valence-electron chi connectivity index (χ4n) is 2.43. The summed E-state index contributed by atoms with van der Waals surface area (Å²) >= 11 is 0.472. The first-order chi connectivity index (χ1) is 10.3. The molecule has 0 bridgehead atoms. The minimum atomic E-state index is 0.472. The van der Waals surface area contributed by atoms with E-state index in [0.29, 0.717) is 15.0 Å². The third kappa shape index (κ3) is 3.07. The van der Waals surface area contributed by atoms with Crippen LogP contribution in [0.2, 0.25) is 5.32 Å². The van der Waals surface area contributed by atoms with Crippen molar-refractivity contribution in [3.63, 3.8) is 0 Å². The van der Waals surface area contributed by atoms with Gasteiger partial charge in [-0.2, -0.15) is 0 Å². The first-order valence-electron chi connectivity index (χ1n) is 7.51. The molecular formula is C19H20OSe. The van der Waals surface area contributed by atoms with Crippen LogP contribution in [0.3, 0.4) is 0 Å². The number of benzene rings is 2. The van der Waals surface area contributed by atoms with Crippen LogP contribution in [0.5, 0.6) is 0 Å². The SMILES string of the molecule is CCCC[Se]c1c(-c2ccccc2)oc2ccc(C)cc12. The molecule has 0 fully saturated rings. The van der Waals surface area contributed by atoms with Gasteiger partial charge >= 0.3 is 132 Å². The Labute approximate surface area is 132 Å². The maximum absolute atomic E-state index is 6.19. The van der Waals surface area contributed by atoms with E-state index in [1.807, 2.05) is 0 Å². The molecule has 0 N–H and O–H groups in total. The summed E-state index contributed by atoms with van der Waals surface area (Å²) in [5.74, 6) is 1.08. The van der Waals surface area contributed by atoms with E-state index in [0.717, 1.165) is 11.3 Å². The van der Waals surface area contributed by atoms with Crippen molar-refractivity contribution in [2.75, 3.05) is 0 Å². The molecule has 3 rings (SSSR count). The quantitative estimate of drug-likeness (QED) is 0.472. The molecule has 1 heterocycles. The van der Waals surface area contributed by atoms with E-state index < -0.39 is 0 Å². The van der Waals surface area contributed by atoms with Gasteiger partial charge in [0.25, 0.3) is 0 Å². The summed E-state index contributed by atoms with van der Waals surface area (Å²) in [6.07, 6.45) is 2.56. The Morgan fingerprint density at radius 2 is 1.86 bits per heavy atom. The van der Waals surface area contributed by atoms with E-state index in [1.165, 1.54) is 39.1 Å². The number of hydrogen-bond acceptors (Lipinski definition) is 1. The molecule has 1 nitrogen and oxygen atoms in total. The molecule has 0 aliphatic rings. The van der Waals surface area contributed by atoms with Gasteiger partial charge in [0.15, 0.2) is 0 Å². The average Bonchev–Trinajstić information content (AvgIpc) is 2.87. The van der Waals surface area contributed by atoms with Crippen molar-refractivity contribution in [3.05, 3.63) is 54.1 Å². The average molecular weight is 343 g/mol. The molecule has 2 aromatic carbocycles. The van der Waals surface area contributed by atoms with Crippen molar-refractivity contribution in [1.82, 2.24) is 0 Å². The summed E-state index contributed by atoms with van der Waals surface area (Å²) in [5.41, 5.74) is 3.52. The first kappa shape index (κ1) is 14.4. The Kier molecular flexibility index (Phi) is 4.48. The van der Waals surface area contributed by atoms with Crippen LogP contribution in [0.25, 0.3) is 22.3 Å².